The third-order valence-corrected chi connectivity index (χ3v) is 5.64. The Kier molecular flexibility index (Phi) is 7.24. The third-order valence-electron chi connectivity index (χ3n) is 5.64. The Morgan fingerprint density at radius 1 is 0.710 bits per heavy atom. The van der Waals surface area contributed by atoms with Crippen LogP contribution < -0.4 is 10.6 Å². The van der Waals surface area contributed by atoms with E-state index in [1.807, 2.05) is 107 Å². The highest BCUT2D eigenvalue weighted by Crippen LogP contribution is 2.25. The average molecular weight is 415 g/mol. The predicted octanol–water partition coefficient (Wildman–Crippen LogP) is 5.21. The minimum atomic E-state index is -0.651. The van der Waals surface area contributed by atoms with Crippen LogP contribution in [0.4, 0.5) is 5.69 Å². The summed E-state index contributed by atoms with van der Waals surface area (Å²) >= 11 is 0. The van der Waals surface area contributed by atoms with Crippen molar-refractivity contribution >= 4 is 17.5 Å². The standard InChI is InChI=1S/C27H30N2O2/c1-18(2)25(27(31)28-23-17-11-12-19(3)20(23)4)29-26(30)24(21-13-7-5-8-14-21)22-15-9-6-10-16-22/h5-18,24-25H,1-4H3,(H,28,31)(H,29,30)/t25-/m0/s1. The number of hydrogen-bond acceptors (Lipinski definition) is 2. The van der Waals surface area contributed by atoms with Gasteiger partial charge < -0.3 is 10.6 Å². The highest BCUT2D eigenvalue weighted by Gasteiger charge is 2.29. The summed E-state index contributed by atoms with van der Waals surface area (Å²) in [7, 11) is 0. The summed E-state index contributed by atoms with van der Waals surface area (Å²) in [6.07, 6.45) is 0. The van der Waals surface area contributed by atoms with Crippen LogP contribution >= 0.6 is 0 Å². The maximum atomic E-state index is 13.4. The lowest BCUT2D eigenvalue weighted by molar-refractivity contribution is -0.127. The number of carbonyl (C=O) groups excluding carboxylic acids is 2. The molecule has 0 aromatic heterocycles. The summed E-state index contributed by atoms with van der Waals surface area (Å²) in [5, 5.41) is 6.02. The molecular weight excluding hydrogens is 384 g/mol. The molecule has 2 amide bonds. The van der Waals surface area contributed by atoms with Crippen molar-refractivity contribution in [3.05, 3.63) is 101 Å². The molecule has 1 atom stereocenters. The lowest BCUT2D eigenvalue weighted by Gasteiger charge is -2.25. The Morgan fingerprint density at radius 3 is 1.77 bits per heavy atom. The topological polar surface area (TPSA) is 58.2 Å². The summed E-state index contributed by atoms with van der Waals surface area (Å²) in [6.45, 7) is 7.87. The van der Waals surface area contributed by atoms with Crippen molar-refractivity contribution < 1.29 is 9.59 Å². The van der Waals surface area contributed by atoms with Crippen LogP contribution in [0.15, 0.2) is 78.9 Å². The first kappa shape index (κ1) is 22.3. The van der Waals surface area contributed by atoms with E-state index in [-0.39, 0.29) is 17.7 Å². The number of rotatable bonds is 7. The number of nitrogens with one attached hydrogen (secondary N) is 2. The Labute approximate surface area is 184 Å². The molecule has 2 N–H and O–H groups in total. The van der Waals surface area contributed by atoms with E-state index in [1.54, 1.807) is 0 Å². The first-order valence-corrected chi connectivity index (χ1v) is 10.7. The van der Waals surface area contributed by atoms with E-state index in [0.29, 0.717) is 0 Å². The summed E-state index contributed by atoms with van der Waals surface area (Å²) in [4.78, 5) is 26.6. The van der Waals surface area contributed by atoms with E-state index in [2.05, 4.69) is 10.6 Å². The summed E-state index contributed by atoms with van der Waals surface area (Å²) in [5.74, 6) is -0.956. The minimum Gasteiger partial charge on any atom is -0.343 e. The summed E-state index contributed by atoms with van der Waals surface area (Å²) in [5.41, 5.74) is 4.69. The van der Waals surface area contributed by atoms with Gasteiger partial charge in [-0.2, -0.15) is 0 Å². The van der Waals surface area contributed by atoms with Crippen LogP contribution in [0.25, 0.3) is 0 Å². The van der Waals surface area contributed by atoms with Crippen molar-refractivity contribution in [2.24, 2.45) is 5.92 Å². The van der Waals surface area contributed by atoms with Gasteiger partial charge in [-0.25, -0.2) is 0 Å². The highest BCUT2D eigenvalue weighted by atomic mass is 16.2. The molecule has 0 radical (unpaired) electrons. The largest absolute Gasteiger partial charge is 0.343 e. The fourth-order valence-electron chi connectivity index (χ4n) is 3.65. The van der Waals surface area contributed by atoms with E-state index >= 15 is 0 Å². The van der Waals surface area contributed by atoms with Crippen LogP contribution in [0.1, 0.15) is 42.0 Å². The molecular formula is C27H30N2O2. The molecule has 0 bridgehead atoms. The van der Waals surface area contributed by atoms with E-state index in [9.17, 15) is 9.59 Å². The molecule has 0 heterocycles. The smallest absolute Gasteiger partial charge is 0.247 e. The molecule has 3 aromatic carbocycles. The van der Waals surface area contributed by atoms with Crippen LogP contribution in [-0.2, 0) is 9.59 Å². The van der Waals surface area contributed by atoms with Crippen molar-refractivity contribution in [3.8, 4) is 0 Å². The molecule has 3 aromatic rings. The molecule has 0 saturated heterocycles. The quantitative estimate of drug-likeness (QED) is 0.557. The van der Waals surface area contributed by atoms with Gasteiger partial charge in [0.2, 0.25) is 11.8 Å². The van der Waals surface area contributed by atoms with Crippen molar-refractivity contribution in [1.82, 2.24) is 5.32 Å². The van der Waals surface area contributed by atoms with Gasteiger partial charge >= 0.3 is 0 Å². The maximum Gasteiger partial charge on any atom is 0.247 e. The number of benzene rings is 3. The van der Waals surface area contributed by atoms with Gasteiger partial charge in [0.25, 0.3) is 0 Å². The number of anilines is 1. The molecule has 31 heavy (non-hydrogen) atoms. The van der Waals surface area contributed by atoms with Crippen molar-refractivity contribution in [2.75, 3.05) is 5.32 Å². The molecule has 0 aliphatic rings. The van der Waals surface area contributed by atoms with Gasteiger partial charge in [-0.15, -0.1) is 0 Å². The zero-order chi connectivity index (χ0) is 22.4. The van der Waals surface area contributed by atoms with E-state index in [0.717, 1.165) is 27.9 Å². The van der Waals surface area contributed by atoms with Crippen molar-refractivity contribution in [2.45, 2.75) is 39.7 Å². The molecule has 0 aliphatic carbocycles. The Bertz CT molecular complexity index is 990. The number of amides is 2. The van der Waals surface area contributed by atoms with Crippen LogP contribution in [-0.4, -0.2) is 17.9 Å². The Morgan fingerprint density at radius 2 is 1.26 bits per heavy atom. The van der Waals surface area contributed by atoms with Crippen molar-refractivity contribution in [1.29, 1.82) is 0 Å². The van der Waals surface area contributed by atoms with Crippen LogP contribution in [0.2, 0.25) is 0 Å². The van der Waals surface area contributed by atoms with Crippen molar-refractivity contribution in [3.63, 3.8) is 0 Å². The lowest BCUT2D eigenvalue weighted by atomic mass is 9.89. The minimum absolute atomic E-state index is 0.0683. The summed E-state index contributed by atoms with van der Waals surface area (Å²) in [6, 6.07) is 24.5. The fourth-order valence-corrected chi connectivity index (χ4v) is 3.65. The van der Waals surface area contributed by atoms with Gasteiger partial charge in [-0.1, -0.05) is 86.6 Å². The molecule has 160 valence electrons. The van der Waals surface area contributed by atoms with Gasteiger partial charge in [0.1, 0.15) is 6.04 Å². The van der Waals surface area contributed by atoms with Gasteiger partial charge in [-0.3, -0.25) is 9.59 Å². The SMILES string of the molecule is Cc1cccc(NC(=O)[C@@H](NC(=O)C(c2ccccc2)c2ccccc2)C(C)C)c1C. The second-order valence-corrected chi connectivity index (χ2v) is 8.22. The third kappa shape index (κ3) is 5.40. The molecule has 0 aliphatic heterocycles. The number of carbonyl (C=O) groups is 2. The summed E-state index contributed by atoms with van der Waals surface area (Å²) < 4.78 is 0. The molecule has 0 spiro atoms. The van der Waals surface area contributed by atoms with Gasteiger partial charge in [0.05, 0.1) is 5.92 Å². The van der Waals surface area contributed by atoms with Gasteiger partial charge in [0.15, 0.2) is 0 Å². The van der Waals surface area contributed by atoms with E-state index in [4.69, 9.17) is 0 Å². The highest BCUT2D eigenvalue weighted by molar-refractivity contribution is 5.99. The maximum absolute atomic E-state index is 13.4. The number of aryl methyl sites for hydroxylation is 1. The van der Waals surface area contributed by atoms with E-state index < -0.39 is 12.0 Å². The molecule has 4 nitrogen and oxygen atoms in total. The molecule has 4 heteroatoms. The lowest BCUT2D eigenvalue weighted by Crippen LogP contribution is -2.48. The van der Waals surface area contributed by atoms with Crippen LogP contribution in [0, 0.1) is 19.8 Å². The molecule has 0 unspecified atom stereocenters. The number of hydrogen-bond donors (Lipinski definition) is 2. The zero-order valence-electron chi connectivity index (χ0n) is 18.6. The van der Waals surface area contributed by atoms with Crippen LogP contribution in [0.5, 0.6) is 0 Å². The monoisotopic (exact) mass is 414 g/mol. The Balaban J connectivity index is 1.85. The first-order chi connectivity index (χ1) is 14.9. The first-order valence-electron chi connectivity index (χ1n) is 10.7. The molecule has 0 saturated carbocycles. The van der Waals surface area contributed by atoms with Gasteiger partial charge in [0, 0.05) is 5.69 Å². The second-order valence-electron chi connectivity index (χ2n) is 8.22. The van der Waals surface area contributed by atoms with Gasteiger partial charge in [-0.05, 0) is 48.1 Å². The predicted molar refractivity (Wildman–Crippen MR) is 126 cm³/mol. The fraction of sp³-hybridized carbons (Fsp3) is 0.259. The van der Waals surface area contributed by atoms with E-state index in [1.165, 1.54) is 0 Å². The Hall–Kier alpha value is -3.40. The van der Waals surface area contributed by atoms with Crippen LogP contribution in [0.3, 0.4) is 0 Å². The normalized spacial score (nSPS) is 11.9. The second kappa shape index (κ2) is 10.1. The molecule has 3 rings (SSSR count). The average Bonchev–Trinajstić information content (AvgIpc) is 2.76. The zero-order valence-corrected chi connectivity index (χ0v) is 18.6. The molecule has 0 fully saturated rings.